The maximum absolute atomic E-state index is 11.8. The van der Waals surface area contributed by atoms with Crippen molar-refractivity contribution in [1.29, 1.82) is 0 Å². The summed E-state index contributed by atoms with van der Waals surface area (Å²) in [6.07, 6.45) is 3.20. The van der Waals surface area contributed by atoms with Crippen molar-refractivity contribution in [2.24, 2.45) is 0 Å². The van der Waals surface area contributed by atoms with E-state index in [1.54, 1.807) is 24.7 Å². The van der Waals surface area contributed by atoms with E-state index in [1.165, 1.54) is 6.07 Å². The molecule has 0 spiro atoms. The maximum atomic E-state index is 11.8. The van der Waals surface area contributed by atoms with Crippen molar-refractivity contribution in [1.82, 2.24) is 15.3 Å². The summed E-state index contributed by atoms with van der Waals surface area (Å²) in [6, 6.07) is 4.75. The van der Waals surface area contributed by atoms with Crippen molar-refractivity contribution in [3.8, 4) is 0 Å². The lowest BCUT2D eigenvalue weighted by Crippen LogP contribution is -2.22. The van der Waals surface area contributed by atoms with Gasteiger partial charge in [0, 0.05) is 11.8 Å². The van der Waals surface area contributed by atoms with Crippen molar-refractivity contribution in [3.05, 3.63) is 52.0 Å². The SMILES string of the molecule is O=C(NCc1cnc[nH]1)c1ccc(Cl)c(Cl)c1. The molecule has 0 saturated heterocycles. The fourth-order valence-electron chi connectivity index (χ4n) is 1.30. The van der Waals surface area contributed by atoms with E-state index in [2.05, 4.69) is 15.3 Å². The average Bonchev–Trinajstić information content (AvgIpc) is 2.82. The number of H-pyrrole nitrogens is 1. The molecule has 0 aliphatic rings. The van der Waals surface area contributed by atoms with Crippen LogP contribution in [0.1, 0.15) is 16.1 Å². The molecule has 0 unspecified atom stereocenters. The van der Waals surface area contributed by atoms with Crippen LogP contribution in [0.4, 0.5) is 0 Å². The molecule has 0 fully saturated rings. The van der Waals surface area contributed by atoms with Crippen LogP contribution < -0.4 is 5.32 Å². The van der Waals surface area contributed by atoms with Crippen LogP contribution in [-0.4, -0.2) is 15.9 Å². The van der Waals surface area contributed by atoms with E-state index in [0.717, 1.165) is 5.69 Å². The highest BCUT2D eigenvalue weighted by Crippen LogP contribution is 2.22. The molecule has 1 heterocycles. The first-order valence-electron chi connectivity index (χ1n) is 4.87. The summed E-state index contributed by atoms with van der Waals surface area (Å²) < 4.78 is 0. The van der Waals surface area contributed by atoms with Crippen LogP contribution in [0.25, 0.3) is 0 Å². The summed E-state index contributed by atoms with van der Waals surface area (Å²) >= 11 is 11.6. The number of halogens is 2. The van der Waals surface area contributed by atoms with Crippen molar-refractivity contribution < 1.29 is 4.79 Å². The molecule has 0 aliphatic heterocycles. The Labute approximate surface area is 108 Å². The fourth-order valence-corrected chi connectivity index (χ4v) is 1.59. The van der Waals surface area contributed by atoms with Crippen LogP contribution in [0.15, 0.2) is 30.7 Å². The van der Waals surface area contributed by atoms with E-state index in [9.17, 15) is 4.79 Å². The lowest BCUT2D eigenvalue weighted by Gasteiger charge is -2.04. The normalized spacial score (nSPS) is 10.2. The van der Waals surface area contributed by atoms with Gasteiger partial charge in [-0.1, -0.05) is 23.2 Å². The minimum atomic E-state index is -0.210. The summed E-state index contributed by atoms with van der Waals surface area (Å²) in [7, 11) is 0. The van der Waals surface area contributed by atoms with Crippen LogP contribution in [0.2, 0.25) is 10.0 Å². The monoisotopic (exact) mass is 269 g/mol. The van der Waals surface area contributed by atoms with Crippen LogP contribution in [0, 0.1) is 0 Å². The van der Waals surface area contributed by atoms with Crippen LogP contribution in [0.5, 0.6) is 0 Å². The number of carbonyl (C=O) groups is 1. The van der Waals surface area contributed by atoms with E-state index >= 15 is 0 Å². The van der Waals surface area contributed by atoms with Gasteiger partial charge in [-0.3, -0.25) is 4.79 Å². The lowest BCUT2D eigenvalue weighted by molar-refractivity contribution is 0.0950. The minimum absolute atomic E-state index is 0.210. The van der Waals surface area contributed by atoms with Gasteiger partial charge in [0.2, 0.25) is 0 Å². The summed E-state index contributed by atoms with van der Waals surface area (Å²) in [6.45, 7) is 0.388. The Morgan fingerprint density at radius 2 is 2.18 bits per heavy atom. The minimum Gasteiger partial charge on any atom is -0.347 e. The molecular formula is C11H9Cl2N3O. The number of aromatic nitrogens is 2. The Kier molecular flexibility index (Phi) is 3.66. The first-order chi connectivity index (χ1) is 8.16. The van der Waals surface area contributed by atoms with Gasteiger partial charge < -0.3 is 10.3 Å². The first-order valence-corrected chi connectivity index (χ1v) is 5.63. The van der Waals surface area contributed by atoms with E-state index in [1.807, 2.05) is 0 Å². The number of nitrogens with one attached hydrogen (secondary N) is 2. The Bertz CT molecular complexity index is 526. The number of imidazole rings is 1. The van der Waals surface area contributed by atoms with Gasteiger partial charge in [-0.05, 0) is 18.2 Å². The highest BCUT2D eigenvalue weighted by atomic mass is 35.5. The molecule has 88 valence electrons. The van der Waals surface area contributed by atoms with Crippen molar-refractivity contribution in [3.63, 3.8) is 0 Å². The predicted molar refractivity (Wildman–Crippen MR) is 66.2 cm³/mol. The standard InChI is InChI=1S/C11H9Cl2N3O/c12-9-2-1-7(3-10(9)13)11(17)15-5-8-4-14-6-16-8/h1-4,6H,5H2,(H,14,16)(H,15,17). The zero-order chi connectivity index (χ0) is 12.3. The smallest absolute Gasteiger partial charge is 0.251 e. The Balaban J connectivity index is 2.02. The largest absolute Gasteiger partial charge is 0.347 e. The van der Waals surface area contributed by atoms with Gasteiger partial charge in [0.1, 0.15) is 0 Å². The molecule has 0 saturated carbocycles. The number of hydrogen-bond acceptors (Lipinski definition) is 2. The van der Waals surface area contributed by atoms with Gasteiger partial charge in [-0.25, -0.2) is 4.98 Å². The number of amides is 1. The molecule has 1 aromatic heterocycles. The van der Waals surface area contributed by atoms with E-state index < -0.39 is 0 Å². The summed E-state index contributed by atoms with van der Waals surface area (Å²) in [5, 5.41) is 3.53. The number of aromatic amines is 1. The predicted octanol–water partition coefficient (Wildman–Crippen LogP) is 2.65. The third kappa shape index (κ3) is 2.99. The zero-order valence-electron chi connectivity index (χ0n) is 8.71. The van der Waals surface area contributed by atoms with E-state index in [0.29, 0.717) is 22.2 Å². The molecule has 2 aromatic rings. The first kappa shape index (κ1) is 12.0. The molecule has 2 N–H and O–H groups in total. The van der Waals surface area contributed by atoms with Gasteiger partial charge >= 0.3 is 0 Å². The van der Waals surface area contributed by atoms with Gasteiger partial charge in [0.25, 0.3) is 5.91 Å². The molecule has 0 atom stereocenters. The van der Waals surface area contributed by atoms with Gasteiger partial charge in [-0.15, -0.1) is 0 Å². The van der Waals surface area contributed by atoms with Gasteiger partial charge in [0.15, 0.2) is 0 Å². The fraction of sp³-hybridized carbons (Fsp3) is 0.0909. The van der Waals surface area contributed by atoms with Crippen LogP contribution >= 0.6 is 23.2 Å². The van der Waals surface area contributed by atoms with E-state index in [4.69, 9.17) is 23.2 Å². The molecule has 6 heteroatoms. The molecule has 17 heavy (non-hydrogen) atoms. The quantitative estimate of drug-likeness (QED) is 0.900. The van der Waals surface area contributed by atoms with E-state index in [-0.39, 0.29) is 5.91 Å². The molecule has 1 amide bonds. The number of benzene rings is 1. The summed E-state index contributed by atoms with van der Waals surface area (Å²) in [5.74, 6) is -0.210. The zero-order valence-corrected chi connectivity index (χ0v) is 10.2. The Morgan fingerprint density at radius 1 is 1.35 bits per heavy atom. The Hall–Kier alpha value is -1.52. The molecule has 0 radical (unpaired) electrons. The summed E-state index contributed by atoms with van der Waals surface area (Å²) in [5.41, 5.74) is 1.30. The molecule has 1 aromatic carbocycles. The average molecular weight is 270 g/mol. The molecule has 4 nitrogen and oxygen atoms in total. The second-order valence-electron chi connectivity index (χ2n) is 3.39. The number of hydrogen-bond donors (Lipinski definition) is 2. The molecule has 2 rings (SSSR count). The molecule has 0 bridgehead atoms. The molecule has 0 aliphatic carbocycles. The summed E-state index contributed by atoms with van der Waals surface area (Å²) in [4.78, 5) is 18.5. The van der Waals surface area contributed by atoms with Crippen molar-refractivity contribution in [2.45, 2.75) is 6.54 Å². The lowest BCUT2D eigenvalue weighted by atomic mass is 10.2. The second kappa shape index (κ2) is 5.21. The second-order valence-corrected chi connectivity index (χ2v) is 4.20. The maximum Gasteiger partial charge on any atom is 0.251 e. The number of nitrogens with zero attached hydrogens (tertiary/aromatic N) is 1. The number of carbonyl (C=O) groups excluding carboxylic acids is 1. The third-order valence-electron chi connectivity index (χ3n) is 2.18. The van der Waals surface area contributed by atoms with Crippen LogP contribution in [0.3, 0.4) is 0 Å². The number of rotatable bonds is 3. The van der Waals surface area contributed by atoms with Crippen molar-refractivity contribution >= 4 is 29.1 Å². The van der Waals surface area contributed by atoms with Gasteiger partial charge in [-0.2, -0.15) is 0 Å². The Morgan fingerprint density at radius 3 is 2.82 bits per heavy atom. The van der Waals surface area contributed by atoms with Crippen LogP contribution in [-0.2, 0) is 6.54 Å². The van der Waals surface area contributed by atoms with Crippen molar-refractivity contribution in [2.75, 3.05) is 0 Å². The highest BCUT2D eigenvalue weighted by molar-refractivity contribution is 6.42. The third-order valence-corrected chi connectivity index (χ3v) is 2.92. The van der Waals surface area contributed by atoms with Gasteiger partial charge in [0.05, 0.1) is 28.6 Å². The topological polar surface area (TPSA) is 57.8 Å². The highest BCUT2D eigenvalue weighted by Gasteiger charge is 2.07. The molecular weight excluding hydrogens is 261 g/mol.